The van der Waals surface area contributed by atoms with Crippen LogP contribution in [0.15, 0.2) is 0 Å². The van der Waals surface area contributed by atoms with Gasteiger partial charge < -0.3 is 14.3 Å². The third-order valence-electron chi connectivity index (χ3n) is 2.17. The molecule has 4 nitrogen and oxygen atoms in total. The van der Waals surface area contributed by atoms with Gasteiger partial charge in [0.05, 0.1) is 11.7 Å². The van der Waals surface area contributed by atoms with Crippen LogP contribution in [0.1, 0.15) is 27.7 Å². The third-order valence-corrected chi connectivity index (χ3v) is 2.87. The molecule has 2 N–H and O–H groups in total. The first-order valence-corrected chi connectivity index (χ1v) is 5.13. The van der Waals surface area contributed by atoms with Gasteiger partial charge in [0.2, 0.25) is 0 Å². The Hall–Kier alpha value is -0.423. The topological polar surface area (TPSA) is 66.8 Å². The first-order valence-electron chi connectivity index (χ1n) is 3.87. The second kappa shape index (κ2) is 4.00. The molecule has 0 amide bonds. The molecule has 2 unspecified atom stereocenters. The molecule has 2 atom stereocenters. The number of rotatable bonds is 4. The molecule has 0 radical (unpaired) electrons. The van der Waals surface area contributed by atoms with Gasteiger partial charge in [0.15, 0.2) is 0 Å². The minimum atomic E-state index is -2.93. The summed E-state index contributed by atoms with van der Waals surface area (Å²) in [6, 6.07) is 0. The predicted octanol–water partition coefficient (Wildman–Crippen LogP) is 0.206. The number of aliphatic hydroxyl groups is 1. The molecule has 0 spiro atoms. The summed E-state index contributed by atoms with van der Waals surface area (Å²) in [6.07, 6.45) is -0.554. The van der Waals surface area contributed by atoms with Gasteiger partial charge in [-0.1, -0.05) is 6.92 Å². The zero-order valence-corrected chi connectivity index (χ0v) is 8.87. The Morgan fingerprint density at radius 1 is 1.42 bits per heavy atom. The monoisotopic (exact) mass is 192 g/mol. The van der Waals surface area contributed by atoms with Gasteiger partial charge in [-0.25, -0.2) is 0 Å². The Kier molecular flexibility index (Phi) is 3.86. The van der Waals surface area contributed by atoms with Crippen molar-refractivity contribution in [1.29, 1.82) is 0 Å². The fourth-order valence-electron chi connectivity index (χ4n) is 0.899. The van der Waals surface area contributed by atoms with Crippen molar-refractivity contribution in [3.8, 4) is 0 Å². The molecule has 72 valence electrons. The van der Waals surface area contributed by atoms with Gasteiger partial charge in [-0.15, -0.1) is 0 Å². The first kappa shape index (κ1) is 11.6. The molecule has 0 saturated carbocycles. The van der Waals surface area contributed by atoms with Crippen LogP contribution in [0.2, 0.25) is 0 Å². The highest BCUT2D eigenvalue weighted by Gasteiger charge is 2.33. The zero-order valence-electron chi connectivity index (χ0n) is 7.87. The van der Waals surface area contributed by atoms with Crippen molar-refractivity contribution >= 4 is 9.17 Å². The Bertz CT molecular complexity index is 167. The van der Waals surface area contributed by atoms with E-state index >= 15 is 0 Å². The number of hydrogen-bond donors (Lipinski definition) is 2. The molecule has 0 rings (SSSR count). The lowest BCUT2D eigenvalue weighted by Crippen LogP contribution is -2.41. The second-order valence-corrected chi connectivity index (χ2v) is 4.24. The van der Waals surface area contributed by atoms with E-state index in [1.807, 2.05) is 0 Å². The average Bonchev–Trinajstić information content (AvgIpc) is 1.82. The zero-order chi connectivity index (χ0) is 9.94. The highest BCUT2D eigenvalue weighted by Crippen LogP contribution is 2.23. The lowest BCUT2D eigenvalue weighted by Gasteiger charge is -2.32. The quantitative estimate of drug-likeness (QED) is 0.625. The summed E-state index contributed by atoms with van der Waals surface area (Å²) in [4.78, 5) is 8.56. The van der Waals surface area contributed by atoms with Crippen molar-refractivity contribution in [2.45, 2.75) is 39.4 Å². The Labute approximate surface area is 74.1 Å². The molecule has 0 aliphatic heterocycles. The van der Waals surface area contributed by atoms with Crippen LogP contribution in [0.25, 0.3) is 0 Å². The van der Waals surface area contributed by atoms with Crippen LogP contribution in [0.5, 0.6) is 0 Å². The summed E-state index contributed by atoms with van der Waals surface area (Å²) < 4.78 is 15.2. The van der Waals surface area contributed by atoms with Crippen molar-refractivity contribution in [2.24, 2.45) is 5.92 Å². The number of hydrogen-bond acceptors (Lipinski definition) is 3. The summed E-state index contributed by atoms with van der Waals surface area (Å²) in [5.41, 5.74) is -0.765. The Balaban J connectivity index is 4.28. The molecule has 0 aromatic heterocycles. The van der Waals surface area contributed by atoms with Gasteiger partial charge >= 0.3 is 9.17 Å². The van der Waals surface area contributed by atoms with Crippen LogP contribution in [-0.4, -0.2) is 30.8 Å². The summed E-state index contributed by atoms with van der Waals surface area (Å²) in [7, 11) is -2.93. The van der Waals surface area contributed by atoms with Crippen molar-refractivity contribution < 1.29 is 18.8 Å². The maximum Gasteiger partial charge on any atom is 0.765 e. The minimum absolute atomic E-state index is 0.182. The molecule has 0 saturated heterocycles. The van der Waals surface area contributed by atoms with Crippen molar-refractivity contribution in [3.05, 3.63) is 0 Å². The predicted molar refractivity (Wildman–Crippen MR) is 44.7 cm³/mol. The molecular weight excluding hydrogens is 176 g/mol. The molecule has 5 heteroatoms. The minimum Gasteiger partial charge on any atom is -0.511 e. The van der Waals surface area contributed by atoms with Gasteiger partial charge in [-0.05, 0) is 20.8 Å². The van der Waals surface area contributed by atoms with E-state index in [2.05, 4.69) is 0 Å². The maximum atomic E-state index is 10.4. The van der Waals surface area contributed by atoms with E-state index in [9.17, 15) is 9.57 Å². The van der Waals surface area contributed by atoms with Gasteiger partial charge in [0, 0.05) is 5.92 Å². The van der Waals surface area contributed by atoms with Crippen molar-refractivity contribution in [1.82, 2.24) is 0 Å². The van der Waals surface area contributed by atoms with E-state index in [0.29, 0.717) is 0 Å². The average molecular weight is 192 g/mol. The molecular formula is C7H16O4Si. The molecule has 0 aliphatic carbocycles. The van der Waals surface area contributed by atoms with Gasteiger partial charge in [-0.3, -0.25) is 4.46 Å². The van der Waals surface area contributed by atoms with Crippen molar-refractivity contribution in [2.75, 3.05) is 0 Å². The van der Waals surface area contributed by atoms with Crippen LogP contribution in [-0.2, 0) is 8.89 Å². The third kappa shape index (κ3) is 3.32. The molecule has 0 fully saturated rings. The summed E-state index contributed by atoms with van der Waals surface area (Å²) in [6.45, 7) is 6.77. The molecule has 0 bridgehead atoms. The van der Waals surface area contributed by atoms with E-state index in [4.69, 9.17) is 9.22 Å². The fraction of sp³-hybridized carbons (Fsp3) is 1.00. The smallest absolute Gasteiger partial charge is 0.511 e. The van der Waals surface area contributed by atoms with E-state index < -0.39 is 20.9 Å². The molecule has 0 aliphatic rings. The molecule has 0 heterocycles. The highest BCUT2D eigenvalue weighted by atomic mass is 28.3. The SMILES string of the molecule is CC(O)C(C)C(C)(C)O[Si](=O)O. The van der Waals surface area contributed by atoms with Crippen LogP contribution in [0.3, 0.4) is 0 Å². The van der Waals surface area contributed by atoms with E-state index in [1.54, 1.807) is 27.7 Å². The highest BCUT2D eigenvalue weighted by molar-refractivity contribution is 6.24. The first-order chi connectivity index (χ1) is 5.27. The number of aliphatic hydroxyl groups excluding tert-OH is 1. The van der Waals surface area contributed by atoms with Gasteiger partial charge in [-0.2, -0.15) is 0 Å². The molecule has 0 aromatic carbocycles. The second-order valence-electron chi connectivity index (χ2n) is 3.50. The molecule has 12 heavy (non-hydrogen) atoms. The van der Waals surface area contributed by atoms with Gasteiger partial charge in [0.25, 0.3) is 0 Å². The van der Waals surface area contributed by atoms with Crippen LogP contribution < -0.4 is 0 Å². The van der Waals surface area contributed by atoms with E-state index in [-0.39, 0.29) is 5.92 Å². The molecule has 0 aromatic rings. The summed E-state index contributed by atoms with van der Waals surface area (Å²) >= 11 is 0. The standard InChI is InChI=1S/C7H16O4Si/c1-5(6(2)8)7(3,4)11-12(9)10/h5-6,8-9H,1-4H3. The Morgan fingerprint density at radius 3 is 2.08 bits per heavy atom. The van der Waals surface area contributed by atoms with Crippen LogP contribution in [0, 0.1) is 5.92 Å². The lowest BCUT2D eigenvalue weighted by molar-refractivity contribution is -0.0289. The lowest BCUT2D eigenvalue weighted by atomic mass is 9.89. The van der Waals surface area contributed by atoms with Crippen LogP contribution >= 0.6 is 0 Å². The maximum absolute atomic E-state index is 10.4. The largest absolute Gasteiger partial charge is 0.765 e. The van der Waals surface area contributed by atoms with Crippen LogP contribution in [0.4, 0.5) is 0 Å². The van der Waals surface area contributed by atoms with E-state index in [0.717, 1.165) is 0 Å². The normalized spacial score (nSPS) is 16.8. The van der Waals surface area contributed by atoms with Gasteiger partial charge in [0.1, 0.15) is 0 Å². The fourth-order valence-corrected chi connectivity index (χ4v) is 1.53. The Morgan fingerprint density at radius 2 is 1.83 bits per heavy atom. The van der Waals surface area contributed by atoms with E-state index in [1.165, 1.54) is 0 Å². The van der Waals surface area contributed by atoms with Crippen molar-refractivity contribution in [3.63, 3.8) is 0 Å². The summed E-state index contributed by atoms with van der Waals surface area (Å²) in [5.74, 6) is -0.182. The summed E-state index contributed by atoms with van der Waals surface area (Å²) in [5, 5.41) is 9.22.